The molecule has 1 unspecified atom stereocenters. The zero-order valence-corrected chi connectivity index (χ0v) is 12.2. The zero-order valence-electron chi connectivity index (χ0n) is 10.6. The maximum Gasteiger partial charge on any atom is 0.244 e. The Hall–Kier alpha value is -1.10. The Morgan fingerprint density at radius 2 is 2.29 bits per heavy atom. The van der Waals surface area contributed by atoms with Crippen molar-refractivity contribution in [3.05, 3.63) is 22.3 Å². The molecule has 0 saturated heterocycles. The van der Waals surface area contributed by atoms with Crippen molar-refractivity contribution in [3.8, 4) is 0 Å². The molecule has 0 spiro atoms. The lowest BCUT2D eigenvalue weighted by Crippen LogP contribution is -2.39. The number of hydrogen-bond donors (Lipinski definition) is 1. The van der Waals surface area contributed by atoms with Crippen LogP contribution in [0.5, 0.6) is 0 Å². The molecule has 0 fully saturated rings. The number of carbonyl (C=O) groups excluding carboxylic acids is 1. The summed E-state index contributed by atoms with van der Waals surface area (Å²) in [5, 5.41) is 3.13. The molecule has 0 aliphatic carbocycles. The molecule has 0 bridgehead atoms. The number of likely N-dealkylation sites (N-methyl/N-ethyl adjacent to an activating group) is 1. The summed E-state index contributed by atoms with van der Waals surface area (Å²) in [7, 11) is 1.79. The van der Waals surface area contributed by atoms with E-state index in [9.17, 15) is 4.79 Å². The molecule has 17 heavy (non-hydrogen) atoms. The standard InChI is InChI=1S/C12H18BrN3O/c1-5-16(4)12(17)9(3)15-11-8(2)6-10(13)7-14-11/h6-7,9H,5H2,1-4H3,(H,14,15). The normalized spacial score (nSPS) is 12.1. The minimum absolute atomic E-state index is 0.0663. The van der Waals surface area contributed by atoms with Crippen LogP contribution in [0.4, 0.5) is 5.82 Å². The van der Waals surface area contributed by atoms with Crippen molar-refractivity contribution < 1.29 is 4.79 Å². The fraction of sp³-hybridized carbons (Fsp3) is 0.500. The number of nitrogens with zero attached hydrogens (tertiary/aromatic N) is 2. The predicted molar refractivity (Wildman–Crippen MR) is 73.1 cm³/mol. The van der Waals surface area contributed by atoms with Crippen molar-refractivity contribution in [1.82, 2.24) is 9.88 Å². The molecule has 4 nitrogen and oxygen atoms in total. The first-order valence-electron chi connectivity index (χ1n) is 5.59. The number of aryl methyl sites for hydroxylation is 1. The molecule has 1 heterocycles. The van der Waals surface area contributed by atoms with Crippen LogP contribution in [0.1, 0.15) is 19.4 Å². The van der Waals surface area contributed by atoms with Gasteiger partial charge in [0.05, 0.1) is 0 Å². The maximum absolute atomic E-state index is 11.9. The average Bonchev–Trinajstić information content (AvgIpc) is 2.30. The lowest BCUT2D eigenvalue weighted by Gasteiger charge is -2.21. The fourth-order valence-corrected chi connectivity index (χ4v) is 1.89. The van der Waals surface area contributed by atoms with Crippen molar-refractivity contribution in [2.45, 2.75) is 26.8 Å². The van der Waals surface area contributed by atoms with E-state index in [0.29, 0.717) is 6.54 Å². The molecule has 0 aliphatic heterocycles. The SMILES string of the molecule is CCN(C)C(=O)C(C)Nc1ncc(Br)cc1C. The van der Waals surface area contributed by atoms with Gasteiger partial charge < -0.3 is 10.2 Å². The molecule has 94 valence electrons. The highest BCUT2D eigenvalue weighted by Gasteiger charge is 2.17. The number of amides is 1. The third kappa shape index (κ3) is 3.70. The smallest absolute Gasteiger partial charge is 0.244 e. The molecule has 1 atom stereocenters. The first-order valence-corrected chi connectivity index (χ1v) is 6.38. The molecule has 0 radical (unpaired) electrons. The van der Waals surface area contributed by atoms with E-state index in [0.717, 1.165) is 15.9 Å². The van der Waals surface area contributed by atoms with E-state index in [-0.39, 0.29) is 11.9 Å². The van der Waals surface area contributed by atoms with Gasteiger partial charge in [-0.15, -0.1) is 0 Å². The number of nitrogens with one attached hydrogen (secondary N) is 1. The minimum Gasteiger partial charge on any atom is -0.358 e. The van der Waals surface area contributed by atoms with Crippen LogP contribution in [0, 0.1) is 6.92 Å². The molecule has 1 aromatic heterocycles. The van der Waals surface area contributed by atoms with Crippen LogP contribution in [-0.2, 0) is 4.79 Å². The summed E-state index contributed by atoms with van der Waals surface area (Å²) in [4.78, 5) is 17.8. The van der Waals surface area contributed by atoms with Crippen LogP contribution < -0.4 is 5.32 Å². The summed E-state index contributed by atoms with van der Waals surface area (Å²) in [5.74, 6) is 0.815. The first kappa shape index (κ1) is 14.0. The zero-order chi connectivity index (χ0) is 13.0. The van der Waals surface area contributed by atoms with E-state index < -0.39 is 0 Å². The van der Waals surface area contributed by atoms with Crippen LogP contribution in [-0.4, -0.2) is 35.4 Å². The number of rotatable bonds is 4. The van der Waals surface area contributed by atoms with Gasteiger partial charge in [-0.25, -0.2) is 4.98 Å². The molecule has 0 aromatic carbocycles. The lowest BCUT2D eigenvalue weighted by molar-refractivity contribution is -0.130. The van der Waals surface area contributed by atoms with Crippen LogP contribution >= 0.6 is 15.9 Å². The Balaban J connectivity index is 2.74. The van der Waals surface area contributed by atoms with Gasteiger partial charge in [0, 0.05) is 24.3 Å². The van der Waals surface area contributed by atoms with Gasteiger partial charge in [-0.2, -0.15) is 0 Å². The maximum atomic E-state index is 11.9. The third-order valence-electron chi connectivity index (χ3n) is 2.62. The predicted octanol–water partition coefficient (Wildman–Crippen LogP) is 2.43. The summed E-state index contributed by atoms with van der Waals surface area (Å²) in [6, 6.07) is 1.70. The van der Waals surface area contributed by atoms with E-state index in [1.807, 2.05) is 26.8 Å². The van der Waals surface area contributed by atoms with E-state index in [1.54, 1.807) is 18.1 Å². The van der Waals surface area contributed by atoms with Crippen molar-refractivity contribution in [2.75, 3.05) is 18.9 Å². The van der Waals surface area contributed by atoms with Gasteiger partial charge in [-0.1, -0.05) is 0 Å². The summed E-state index contributed by atoms with van der Waals surface area (Å²) in [6.45, 7) is 6.46. The lowest BCUT2D eigenvalue weighted by atomic mass is 10.2. The van der Waals surface area contributed by atoms with Crippen LogP contribution in [0.3, 0.4) is 0 Å². The van der Waals surface area contributed by atoms with Gasteiger partial charge in [-0.05, 0) is 48.3 Å². The third-order valence-corrected chi connectivity index (χ3v) is 3.05. The molecule has 5 heteroatoms. The molecule has 1 amide bonds. The second kappa shape index (κ2) is 6.00. The largest absolute Gasteiger partial charge is 0.358 e. The second-order valence-corrected chi connectivity index (χ2v) is 4.95. The van der Waals surface area contributed by atoms with Gasteiger partial charge >= 0.3 is 0 Å². The molecule has 1 N–H and O–H groups in total. The summed E-state index contributed by atoms with van der Waals surface area (Å²) in [5.41, 5.74) is 1.01. The molecule has 1 rings (SSSR count). The first-order chi connectivity index (χ1) is 7.95. The summed E-state index contributed by atoms with van der Waals surface area (Å²) in [6.07, 6.45) is 1.72. The Kier molecular flexibility index (Phi) is 4.93. The number of carbonyl (C=O) groups is 1. The highest BCUT2D eigenvalue weighted by molar-refractivity contribution is 9.10. The number of anilines is 1. The highest BCUT2D eigenvalue weighted by Crippen LogP contribution is 2.17. The Morgan fingerprint density at radius 1 is 1.65 bits per heavy atom. The number of halogens is 1. The van der Waals surface area contributed by atoms with Gasteiger partial charge in [0.2, 0.25) is 5.91 Å². The van der Waals surface area contributed by atoms with Gasteiger partial charge in [0.15, 0.2) is 0 Å². The number of hydrogen-bond acceptors (Lipinski definition) is 3. The van der Waals surface area contributed by atoms with Crippen molar-refractivity contribution >= 4 is 27.7 Å². The quantitative estimate of drug-likeness (QED) is 0.929. The van der Waals surface area contributed by atoms with E-state index in [4.69, 9.17) is 0 Å². The molecule has 0 aliphatic rings. The Morgan fingerprint density at radius 3 is 2.82 bits per heavy atom. The molecular weight excluding hydrogens is 282 g/mol. The molecule has 1 aromatic rings. The van der Waals surface area contributed by atoms with Crippen molar-refractivity contribution in [2.24, 2.45) is 0 Å². The van der Waals surface area contributed by atoms with Crippen molar-refractivity contribution in [1.29, 1.82) is 0 Å². The topological polar surface area (TPSA) is 45.2 Å². The van der Waals surface area contributed by atoms with Crippen molar-refractivity contribution in [3.63, 3.8) is 0 Å². The summed E-state index contributed by atoms with van der Waals surface area (Å²) < 4.78 is 0.935. The Bertz CT molecular complexity index is 409. The van der Waals surface area contributed by atoms with Crippen LogP contribution in [0.2, 0.25) is 0 Å². The van der Waals surface area contributed by atoms with Gasteiger partial charge in [0.1, 0.15) is 11.9 Å². The number of pyridine rings is 1. The number of aromatic nitrogens is 1. The Labute approximate surface area is 111 Å². The summed E-state index contributed by atoms with van der Waals surface area (Å²) >= 11 is 3.36. The monoisotopic (exact) mass is 299 g/mol. The van der Waals surface area contributed by atoms with E-state index in [2.05, 4.69) is 26.2 Å². The minimum atomic E-state index is -0.271. The van der Waals surface area contributed by atoms with Gasteiger partial charge in [-0.3, -0.25) is 4.79 Å². The fourth-order valence-electron chi connectivity index (χ4n) is 1.44. The van der Waals surface area contributed by atoms with Crippen LogP contribution in [0.15, 0.2) is 16.7 Å². The van der Waals surface area contributed by atoms with E-state index in [1.165, 1.54) is 0 Å². The second-order valence-electron chi connectivity index (χ2n) is 4.04. The highest BCUT2D eigenvalue weighted by atomic mass is 79.9. The van der Waals surface area contributed by atoms with E-state index >= 15 is 0 Å². The molecule has 0 saturated carbocycles. The molecular formula is C12H18BrN3O. The average molecular weight is 300 g/mol. The van der Waals surface area contributed by atoms with Crippen LogP contribution in [0.25, 0.3) is 0 Å². The van der Waals surface area contributed by atoms with Gasteiger partial charge in [0.25, 0.3) is 0 Å².